The minimum absolute atomic E-state index is 0.0534. The van der Waals surface area contributed by atoms with E-state index in [1.807, 2.05) is 13.8 Å². The van der Waals surface area contributed by atoms with Crippen molar-refractivity contribution in [2.75, 3.05) is 6.54 Å². The number of fused-ring (bicyclic) bond motifs is 2. The van der Waals surface area contributed by atoms with Gasteiger partial charge in [0.25, 0.3) is 11.5 Å². The maximum Gasteiger partial charge on any atom is 0.326 e. The van der Waals surface area contributed by atoms with Crippen molar-refractivity contribution in [2.24, 2.45) is 0 Å². The van der Waals surface area contributed by atoms with Gasteiger partial charge in [-0.3, -0.25) is 24.1 Å². The van der Waals surface area contributed by atoms with Crippen molar-refractivity contribution in [1.29, 1.82) is 0 Å². The summed E-state index contributed by atoms with van der Waals surface area (Å²) in [5.74, 6) is -1.53. The highest BCUT2D eigenvalue weighted by molar-refractivity contribution is 7.18. The quantitative estimate of drug-likeness (QED) is 0.519. The number of aromatic amines is 1. The molecule has 0 spiro atoms. The number of hydrogen-bond donors (Lipinski definition) is 1. The molecule has 3 aromatic rings. The van der Waals surface area contributed by atoms with E-state index in [1.165, 1.54) is 11.3 Å². The summed E-state index contributed by atoms with van der Waals surface area (Å²) in [5.41, 5.74) is 1.63. The topological polar surface area (TPSA) is 109 Å². The number of hydrogen-bond acceptors (Lipinski definition) is 7. The molecule has 3 heterocycles. The zero-order chi connectivity index (χ0) is 20.7. The molecule has 1 aliphatic rings. The van der Waals surface area contributed by atoms with Gasteiger partial charge in [-0.15, -0.1) is 11.3 Å². The SMILES string of the molecule is Cc1sc2nc(COC(=O)CN3C(=O)Cc4ccccc4C3=O)[nH]c(=O)c2c1C. The molecule has 1 aliphatic heterocycles. The molecule has 2 aromatic heterocycles. The minimum Gasteiger partial charge on any atom is -0.456 e. The second-order valence-corrected chi connectivity index (χ2v) is 7.96. The van der Waals surface area contributed by atoms with Crippen LogP contribution in [0.4, 0.5) is 0 Å². The predicted octanol–water partition coefficient (Wildman–Crippen LogP) is 1.87. The number of aryl methyl sites for hydroxylation is 2. The smallest absolute Gasteiger partial charge is 0.326 e. The lowest BCUT2D eigenvalue weighted by Gasteiger charge is -2.25. The molecule has 9 heteroatoms. The van der Waals surface area contributed by atoms with E-state index in [0.29, 0.717) is 21.3 Å². The van der Waals surface area contributed by atoms with Gasteiger partial charge < -0.3 is 9.72 Å². The van der Waals surface area contributed by atoms with Crippen LogP contribution in [0.15, 0.2) is 29.1 Å². The fraction of sp³-hybridized carbons (Fsp3) is 0.250. The Kier molecular flexibility index (Phi) is 4.75. The number of amides is 2. The highest BCUT2D eigenvalue weighted by Gasteiger charge is 2.32. The summed E-state index contributed by atoms with van der Waals surface area (Å²) in [6.45, 7) is 3.02. The van der Waals surface area contributed by atoms with E-state index in [9.17, 15) is 19.2 Å². The lowest BCUT2D eigenvalue weighted by Crippen LogP contribution is -2.45. The van der Waals surface area contributed by atoms with Crippen molar-refractivity contribution in [3.63, 3.8) is 0 Å². The van der Waals surface area contributed by atoms with E-state index in [2.05, 4.69) is 9.97 Å². The summed E-state index contributed by atoms with van der Waals surface area (Å²) >= 11 is 1.39. The standard InChI is InChI=1S/C20H17N3O5S/c1-10-11(2)29-19-17(10)18(26)21-14(22-19)9-28-16(25)8-23-15(24)7-12-5-3-4-6-13(12)20(23)27/h3-6H,7-9H2,1-2H3,(H,21,22,26). The number of rotatable bonds is 4. The Morgan fingerprint density at radius 3 is 2.79 bits per heavy atom. The highest BCUT2D eigenvalue weighted by Crippen LogP contribution is 2.25. The van der Waals surface area contributed by atoms with Crippen LogP contribution in [-0.4, -0.2) is 39.2 Å². The largest absolute Gasteiger partial charge is 0.456 e. The van der Waals surface area contributed by atoms with Gasteiger partial charge in [0.05, 0.1) is 11.8 Å². The summed E-state index contributed by atoms with van der Waals surface area (Å²) in [7, 11) is 0. The van der Waals surface area contributed by atoms with Crippen molar-refractivity contribution < 1.29 is 19.1 Å². The van der Waals surface area contributed by atoms with Crippen LogP contribution in [0.25, 0.3) is 10.2 Å². The molecule has 1 N–H and O–H groups in total. The normalized spacial score (nSPS) is 13.7. The van der Waals surface area contributed by atoms with E-state index in [4.69, 9.17) is 4.74 Å². The first-order chi connectivity index (χ1) is 13.8. The Labute approximate surface area is 169 Å². The maximum atomic E-state index is 12.5. The average molecular weight is 411 g/mol. The van der Waals surface area contributed by atoms with Gasteiger partial charge in [-0.25, -0.2) is 4.98 Å². The van der Waals surface area contributed by atoms with Gasteiger partial charge >= 0.3 is 5.97 Å². The van der Waals surface area contributed by atoms with Crippen molar-refractivity contribution in [3.8, 4) is 0 Å². The second-order valence-electron chi connectivity index (χ2n) is 6.76. The molecule has 8 nitrogen and oxygen atoms in total. The summed E-state index contributed by atoms with van der Waals surface area (Å²) in [6.07, 6.45) is 0.0534. The molecule has 0 radical (unpaired) electrons. The zero-order valence-electron chi connectivity index (χ0n) is 15.8. The molecule has 0 fully saturated rings. The molecule has 2 amide bonds. The van der Waals surface area contributed by atoms with Crippen molar-refractivity contribution in [2.45, 2.75) is 26.9 Å². The second kappa shape index (κ2) is 7.25. The van der Waals surface area contributed by atoms with E-state index in [-0.39, 0.29) is 24.4 Å². The third-order valence-electron chi connectivity index (χ3n) is 4.88. The van der Waals surface area contributed by atoms with E-state index >= 15 is 0 Å². The summed E-state index contributed by atoms with van der Waals surface area (Å²) in [5, 5.41) is 0.533. The van der Waals surface area contributed by atoms with Crippen LogP contribution < -0.4 is 5.56 Å². The Balaban J connectivity index is 1.46. The maximum absolute atomic E-state index is 12.5. The van der Waals surface area contributed by atoms with E-state index in [0.717, 1.165) is 15.3 Å². The molecular weight excluding hydrogens is 394 g/mol. The van der Waals surface area contributed by atoms with Gasteiger partial charge in [-0.2, -0.15) is 0 Å². The van der Waals surface area contributed by atoms with Gasteiger partial charge in [0.15, 0.2) is 0 Å². The van der Waals surface area contributed by atoms with Crippen LogP contribution in [-0.2, 0) is 27.4 Å². The third-order valence-corrected chi connectivity index (χ3v) is 5.98. The van der Waals surface area contributed by atoms with Crippen molar-refractivity contribution >= 4 is 39.3 Å². The average Bonchev–Trinajstić information content (AvgIpc) is 2.97. The predicted molar refractivity (Wildman–Crippen MR) is 106 cm³/mol. The number of nitrogens with one attached hydrogen (secondary N) is 1. The Bertz CT molecular complexity index is 1230. The first-order valence-corrected chi connectivity index (χ1v) is 9.74. The van der Waals surface area contributed by atoms with Crippen LogP contribution in [0.3, 0.4) is 0 Å². The summed E-state index contributed by atoms with van der Waals surface area (Å²) in [4.78, 5) is 58.6. The Morgan fingerprint density at radius 2 is 2.00 bits per heavy atom. The lowest BCUT2D eigenvalue weighted by molar-refractivity contribution is -0.149. The molecule has 0 saturated carbocycles. The van der Waals surface area contributed by atoms with Gasteiger partial charge in [-0.05, 0) is 31.0 Å². The molecule has 29 heavy (non-hydrogen) atoms. The first kappa shape index (κ1) is 19.0. The summed E-state index contributed by atoms with van der Waals surface area (Å²) in [6, 6.07) is 6.80. The Hall–Kier alpha value is -3.33. The van der Waals surface area contributed by atoms with Crippen LogP contribution in [0.5, 0.6) is 0 Å². The highest BCUT2D eigenvalue weighted by atomic mass is 32.1. The van der Waals surface area contributed by atoms with Crippen LogP contribution in [0.1, 0.15) is 32.2 Å². The zero-order valence-corrected chi connectivity index (χ0v) is 16.6. The molecule has 0 atom stereocenters. The van der Waals surface area contributed by atoms with Crippen LogP contribution in [0.2, 0.25) is 0 Å². The molecular formula is C20H17N3O5S. The van der Waals surface area contributed by atoms with Gasteiger partial charge in [-0.1, -0.05) is 18.2 Å². The third kappa shape index (κ3) is 3.44. The monoisotopic (exact) mass is 411 g/mol. The molecule has 4 rings (SSSR count). The van der Waals surface area contributed by atoms with Gasteiger partial charge in [0.1, 0.15) is 23.8 Å². The molecule has 0 aliphatic carbocycles. The molecule has 0 bridgehead atoms. The number of imide groups is 1. The Morgan fingerprint density at radius 1 is 1.24 bits per heavy atom. The van der Waals surface area contributed by atoms with Crippen molar-refractivity contribution in [1.82, 2.24) is 14.9 Å². The molecule has 0 unspecified atom stereocenters. The van der Waals surface area contributed by atoms with Gasteiger partial charge in [0, 0.05) is 10.4 Å². The van der Waals surface area contributed by atoms with E-state index in [1.54, 1.807) is 24.3 Å². The first-order valence-electron chi connectivity index (χ1n) is 8.92. The fourth-order valence-electron chi connectivity index (χ4n) is 3.25. The fourth-order valence-corrected chi connectivity index (χ4v) is 4.30. The molecule has 148 valence electrons. The summed E-state index contributed by atoms with van der Waals surface area (Å²) < 4.78 is 5.14. The number of esters is 1. The van der Waals surface area contributed by atoms with Crippen LogP contribution >= 0.6 is 11.3 Å². The number of nitrogens with zero attached hydrogens (tertiary/aromatic N) is 2. The number of ether oxygens (including phenoxy) is 1. The minimum atomic E-state index is -0.757. The number of thiophene rings is 1. The number of aromatic nitrogens is 2. The van der Waals surface area contributed by atoms with E-state index < -0.39 is 24.3 Å². The molecule has 0 saturated heterocycles. The number of carbonyl (C=O) groups is 3. The number of benzene rings is 1. The van der Waals surface area contributed by atoms with Crippen molar-refractivity contribution in [3.05, 3.63) is 62.0 Å². The number of H-pyrrole nitrogens is 1. The number of carbonyl (C=O) groups excluding carboxylic acids is 3. The van der Waals surface area contributed by atoms with Crippen LogP contribution in [0, 0.1) is 13.8 Å². The lowest BCUT2D eigenvalue weighted by atomic mass is 9.98. The van der Waals surface area contributed by atoms with Gasteiger partial charge in [0.2, 0.25) is 5.91 Å². The molecule has 1 aromatic carbocycles.